The second-order valence-corrected chi connectivity index (χ2v) is 6.89. The van der Waals surface area contributed by atoms with Crippen LogP contribution in [0.5, 0.6) is 11.5 Å². The van der Waals surface area contributed by atoms with E-state index in [9.17, 15) is 38.0 Å². The Labute approximate surface area is 185 Å². The molecule has 0 saturated carbocycles. The molecule has 0 aliphatic rings. The van der Waals surface area contributed by atoms with E-state index in [0.29, 0.717) is 0 Å². The standard InChI is InChI=1S/C20H19F3N2O8/c1-25(8-9-31-2,19(28)32-3)16-11-14(10-15(18(26)27)17(16)24(29)30)33-13-6-4-12(5-7-13)20(21,22)23/h4-7,10-11H,8-9H2,1-3H3. The van der Waals surface area contributed by atoms with E-state index in [1.54, 1.807) is 0 Å². The van der Waals surface area contributed by atoms with Gasteiger partial charge in [0.25, 0.3) is 0 Å². The third-order valence-corrected chi connectivity index (χ3v) is 4.74. The van der Waals surface area contributed by atoms with Crippen molar-refractivity contribution < 1.29 is 47.0 Å². The van der Waals surface area contributed by atoms with Crippen LogP contribution in [0.25, 0.3) is 0 Å². The highest BCUT2D eigenvalue weighted by atomic mass is 19.4. The van der Waals surface area contributed by atoms with Gasteiger partial charge in [0.1, 0.15) is 18.0 Å². The number of alkyl halides is 3. The summed E-state index contributed by atoms with van der Waals surface area (Å²) in [6.07, 6.45) is -5.55. The van der Waals surface area contributed by atoms with Crippen LogP contribution in [0.3, 0.4) is 0 Å². The van der Waals surface area contributed by atoms with Gasteiger partial charge in [-0.15, -0.1) is 0 Å². The largest absolute Gasteiger partial charge is 0.545 e. The predicted octanol–water partition coefficient (Wildman–Crippen LogP) is 3.12. The average Bonchev–Trinajstić information content (AvgIpc) is 2.75. The van der Waals surface area contributed by atoms with Crippen LogP contribution < -0.4 is 14.3 Å². The van der Waals surface area contributed by atoms with Crippen molar-refractivity contribution in [1.82, 2.24) is 4.48 Å². The molecular formula is C20H19F3N2O8. The molecule has 0 aromatic heterocycles. The van der Waals surface area contributed by atoms with Gasteiger partial charge < -0.3 is 24.1 Å². The summed E-state index contributed by atoms with van der Waals surface area (Å²) in [5.41, 5.74) is -3.18. The lowest BCUT2D eigenvalue weighted by atomic mass is 10.1. The lowest BCUT2D eigenvalue weighted by Gasteiger charge is -2.29. The van der Waals surface area contributed by atoms with Crippen LogP contribution in [0.4, 0.5) is 29.3 Å². The van der Waals surface area contributed by atoms with E-state index in [1.807, 2.05) is 0 Å². The number of benzene rings is 2. The molecule has 10 nitrogen and oxygen atoms in total. The van der Waals surface area contributed by atoms with Gasteiger partial charge in [0.05, 0.1) is 42.8 Å². The van der Waals surface area contributed by atoms with Crippen LogP contribution in [0.1, 0.15) is 15.9 Å². The van der Waals surface area contributed by atoms with Gasteiger partial charge in [0, 0.05) is 13.2 Å². The van der Waals surface area contributed by atoms with Gasteiger partial charge >= 0.3 is 18.0 Å². The van der Waals surface area contributed by atoms with Crippen molar-refractivity contribution in [3.63, 3.8) is 0 Å². The number of nitro groups is 1. The van der Waals surface area contributed by atoms with Gasteiger partial charge in [-0.05, 0) is 30.3 Å². The molecule has 0 bridgehead atoms. The fourth-order valence-corrected chi connectivity index (χ4v) is 3.01. The first-order chi connectivity index (χ1) is 15.3. The molecule has 0 aliphatic heterocycles. The van der Waals surface area contributed by atoms with Gasteiger partial charge in [0.15, 0.2) is 0 Å². The Bertz CT molecular complexity index is 1060. The Kier molecular flexibility index (Phi) is 7.61. The summed E-state index contributed by atoms with van der Waals surface area (Å²) in [5.74, 6) is -2.33. The molecule has 2 rings (SSSR count). The number of amides is 1. The summed E-state index contributed by atoms with van der Waals surface area (Å²) >= 11 is 0. The summed E-state index contributed by atoms with van der Waals surface area (Å²) < 4.78 is 52.6. The van der Waals surface area contributed by atoms with Crippen molar-refractivity contribution in [2.24, 2.45) is 0 Å². The molecule has 178 valence electrons. The maximum absolute atomic E-state index is 12.8. The summed E-state index contributed by atoms with van der Waals surface area (Å²) in [5, 5.41) is 23.4. The van der Waals surface area contributed by atoms with Crippen molar-refractivity contribution in [3.05, 3.63) is 57.6 Å². The van der Waals surface area contributed by atoms with Crippen LogP contribution in [-0.2, 0) is 15.7 Å². The Morgan fingerprint density at radius 3 is 2.15 bits per heavy atom. The van der Waals surface area contributed by atoms with E-state index in [0.717, 1.165) is 43.5 Å². The lowest BCUT2D eigenvalue weighted by Crippen LogP contribution is -2.53. The highest BCUT2D eigenvalue weighted by molar-refractivity contribution is 5.97. The smallest absolute Gasteiger partial charge is 0.521 e. The molecule has 0 N–H and O–H groups in total. The van der Waals surface area contributed by atoms with E-state index < -0.39 is 50.1 Å². The number of nitrogens with zero attached hydrogens (tertiary/aromatic N) is 2. The number of ether oxygens (including phenoxy) is 3. The van der Waals surface area contributed by atoms with Crippen molar-refractivity contribution in [2.75, 3.05) is 34.4 Å². The first kappa shape index (κ1) is 25.5. The Balaban J connectivity index is 2.69. The number of quaternary nitrogens is 1. The molecule has 33 heavy (non-hydrogen) atoms. The first-order valence-electron chi connectivity index (χ1n) is 9.17. The second-order valence-electron chi connectivity index (χ2n) is 6.89. The fraction of sp³-hybridized carbons (Fsp3) is 0.300. The van der Waals surface area contributed by atoms with Crippen LogP contribution >= 0.6 is 0 Å². The molecule has 13 heteroatoms. The molecule has 0 fully saturated rings. The maximum Gasteiger partial charge on any atom is 0.521 e. The molecule has 0 radical (unpaired) electrons. The summed E-state index contributed by atoms with van der Waals surface area (Å²) in [6.45, 7) is -0.242. The van der Waals surface area contributed by atoms with E-state index in [4.69, 9.17) is 14.2 Å². The van der Waals surface area contributed by atoms with Crippen molar-refractivity contribution in [1.29, 1.82) is 0 Å². The Hall–Kier alpha value is -3.71. The van der Waals surface area contributed by atoms with Gasteiger partial charge in [-0.25, -0.2) is 0 Å². The number of hydrogen-bond acceptors (Lipinski definition) is 8. The van der Waals surface area contributed by atoms with E-state index in [1.165, 1.54) is 14.2 Å². The number of halogens is 3. The number of nitro benzene ring substituents is 1. The van der Waals surface area contributed by atoms with Gasteiger partial charge in [0.2, 0.25) is 5.69 Å². The number of aromatic carboxylic acids is 1. The van der Waals surface area contributed by atoms with Crippen LogP contribution in [0.15, 0.2) is 36.4 Å². The minimum atomic E-state index is -4.58. The fourth-order valence-electron chi connectivity index (χ4n) is 3.01. The van der Waals surface area contributed by atoms with Gasteiger partial charge in [-0.1, -0.05) is 0 Å². The molecule has 2 aromatic carbocycles. The minimum absolute atomic E-state index is 0.0621. The van der Waals surface area contributed by atoms with E-state index in [-0.39, 0.29) is 24.7 Å². The molecule has 1 amide bonds. The molecule has 0 saturated heterocycles. The quantitative estimate of drug-likeness (QED) is 0.326. The monoisotopic (exact) mass is 472 g/mol. The second kappa shape index (κ2) is 9.83. The number of carboxylic acid groups (broad SMARTS) is 1. The Morgan fingerprint density at radius 1 is 1.09 bits per heavy atom. The molecule has 0 spiro atoms. The zero-order valence-electron chi connectivity index (χ0n) is 17.7. The number of carbonyl (C=O) groups is 2. The number of likely N-dealkylation sites (N-methyl/N-ethyl adjacent to an activating group) is 1. The predicted molar refractivity (Wildman–Crippen MR) is 106 cm³/mol. The highest BCUT2D eigenvalue weighted by Crippen LogP contribution is 2.41. The molecule has 0 aliphatic carbocycles. The van der Waals surface area contributed by atoms with Crippen LogP contribution in [0, 0.1) is 10.1 Å². The first-order valence-corrected chi connectivity index (χ1v) is 9.17. The lowest BCUT2D eigenvalue weighted by molar-refractivity contribution is -0.385. The van der Waals surface area contributed by atoms with Crippen LogP contribution in [0.2, 0.25) is 0 Å². The normalized spacial score (nSPS) is 13.2. The third kappa shape index (κ3) is 5.56. The Morgan fingerprint density at radius 2 is 1.70 bits per heavy atom. The maximum atomic E-state index is 12.8. The molecule has 1 unspecified atom stereocenters. The summed E-state index contributed by atoms with van der Waals surface area (Å²) in [4.78, 5) is 35.0. The average molecular weight is 472 g/mol. The van der Waals surface area contributed by atoms with Crippen LogP contribution in [-0.4, -0.2) is 51.4 Å². The van der Waals surface area contributed by atoms with E-state index in [2.05, 4.69) is 0 Å². The number of carbonyl (C=O) groups excluding carboxylic acids is 2. The SMILES string of the molecule is COCC[N+](C)(C(=O)OC)c1cc(Oc2ccc(C(F)(F)F)cc2)cc(C(=O)[O-])c1[N+](=O)[O-]. The van der Waals surface area contributed by atoms with Crippen molar-refractivity contribution in [2.45, 2.75) is 6.18 Å². The zero-order chi connectivity index (χ0) is 25.0. The summed E-state index contributed by atoms with van der Waals surface area (Å²) in [7, 11) is 3.61. The number of rotatable bonds is 8. The third-order valence-electron chi connectivity index (χ3n) is 4.74. The van der Waals surface area contributed by atoms with Gasteiger partial charge in [-0.2, -0.15) is 22.4 Å². The molecule has 0 heterocycles. The number of hydrogen-bond donors (Lipinski definition) is 0. The zero-order valence-corrected chi connectivity index (χ0v) is 17.7. The molecular weight excluding hydrogens is 453 g/mol. The topological polar surface area (TPSA) is 128 Å². The van der Waals surface area contributed by atoms with Crippen molar-refractivity contribution >= 4 is 23.4 Å². The van der Waals surface area contributed by atoms with E-state index >= 15 is 0 Å². The molecule has 2 aromatic rings. The number of methoxy groups -OCH3 is 2. The summed E-state index contributed by atoms with van der Waals surface area (Å²) in [6, 6.07) is 5.29. The van der Waals surface area contributed by atoms with Crippen molar-refractivity contribution in [3.8, 4) is 11.5 Å². The number of carboxylic acids is 1. The molecule has 1 atom stereocenters. The minimum Gasteiger partial charge on any atom is -0.545 e. The highest BCUT2D eigenvalue weighted by Gasteiger charge is 2.44. The van der Waals surface area contributed by atoms with Gasteiger partial charge in [-0.3, -0.25) is 10.1 Å².